The maximum absolute atomic E-state index is 12.1. The summed E-state index contributed by atoms with van der Waals surface area (Å²) in [6, 6.07) is 10.0. The van der Waals surface area contributed by atoms with Gasteiger partial charge in [0.2, 0.25) is 10.0 Å². The Hall–Kier alpha value is -2.13. The van der Waals surface area contributed by atoms with Gasteiger partial charge in [0.1, 0.15) is 0 Å². The zero-order valence-corrected chi connectivity index (χ0v) is 15.8. The molecule has 0 aliphatic rings. The summed E-state index contributed by atoms with van der Waals surface area (Å²) < 4.78 is 30.6. The molecule has 0 bridgehead atoms. The Morgan fingerprint density at radius 3 is 2.50 bits per heavy atom. The van der Waals surface area contributed by atoms with E-state index in [1.807, 2.05) is 0 Å². The predicted molar refractivity (Wildman–Crippen MR) is 98.1 cm³/mol. The molecule has 26 heavy (non-hydrogen) atoms. The number of benzene rings is 2. The third-order valence-corrected chi connectivity index (χ3v) is 5.16. The Balaban J connectivity index is 2.05. The Labute approximate surface area is 160 Å². The summed E-state index contributed by atoms with van der Waals surface area (Å²) in [6.07, 6.45) is 0. The second-order valence-corrected chi connectivity index (χ2v) is 7.71. The number of hydrogen-bond donors (Lipinski definition) is 2. The molecule has 0 atom stereocenters. The van der Waals surface area contributed by atoms with Crippen molar-refractivity contribution in [3.05, 3.63) is 58.1 Å². The lowest BCUT2D eigenvalue weighted by atomic mass is 10.2. The summed E-state index contributed by atoms with van der Waals surface area (Å²) in [5.74, 6) is -1.51. The lowest BCUT2D eigenvalue weighted by Gasteiger charge is -2.09. The van der Waals surface area contributed by atoms with E-state index in [2.05, 4.69) is 10.0 Å². The largest absolute Gasteiger partial charge is 0.452 e. The second kappa shape index (κ2) is 8.50. The van der Waals surface area contributed by atoms with Gasteiger partial charge in [0, 0.05) is 10.7 Å². The standard InChI is InChI=1S/C16H14Cl2N2O5S/c1-19-26(23,24)12-5-6-14(18)13(8-12)16(22)25-9-15(21)20-11-4-2-3-10(17)7-11/h2-8,19H,9H2,1H3,(H,20,21). The van der Waals surface area contributed by atoms with Crippen molar-refractivity contribution in [3.63, 3.8) is 0 Å². The van der Waals surface area contributed by atoms with Crippen LogP contribution in [0.3, 0.4) is 0 Å². The average molecular weight is 417 g/mol. The molecule has 0 unspecified atom stereocenters. The van der Waals surface area contributed by atoms with Crippen LogP contribution in [0.1, 0.15) is 10.4 Å². The van der Waals surface area contributed by atoms with Gasteiger partial charge in [-0.25, -0.2) is 17.9 Å². The van der Waals surface area contributed by atoms with Gasteiger partial charge in [-0.1, -0.05) is 29.3 Å². The van der Waals surface area contributed by atoms with Gasteiger partial charge in [0.15, 0.2) is 6.61 Å². The molecule has 1 amide bonds. The SMILES string of the molecule is CNS(=O)(=O)c1ccc(Cl)c(C(=O)OCC(=O)Nc2cccc(Cl)c2)c1. The van der Waals surface area contributed by atoms with Crippen LogP contribution in [0.2, 0.25) is 10.0 Å². The molecule has 2 aromatic rings. The summed E-state index contributed by atoms with van der Waals surface area (Å²) in [5, 5.41) is 2.95. The first kappa shape index (κ1) is 20.2. The van der Waals surface area contributed by atoms with Crippen molar-refractivity contribution >= 4 is 50.8 Å². The molecule has 0 fully saturated rings. The lowest BCUT2D eigenvalue weighted by molar-refractivity contribution is -0.119. The van der Waals surface area contributed by atoms with Crippen LogP contribution >= 0.6 is 23.2 Å². The Kier molecular flexibility index (Phi) is 6.60. The van der Waals surface area contributed by atoms with Gasteiger partial charge in [-0.05, 0) is 43.4 Å². The van der Waals surface area contributed by atoms with Gasteiger partial charge in [-0.3, -0.25) is 4.79 Å². The molecule has 138 valence electrons. The summed E-state index contributed by atoms with van der Waals surface area (Å²) >= 11 is 11.7. The number of carbonyl (C=O) groups is 2. The fourth-order valence-electron chi connectivity index (χ4n) is 1.92. The Morgan fingerprint density at radius 2 is 1.85 bits per heavy atom. The number of hydrogen-bond acceptors (Lipinski definition) is 5. The van der Waals surface area contributed by atoms with E-state index in [0.717, 1.165) is 6.07 Å². The summed E-state index contributed by atoms with van der Waals surface area (Å²) in [4.78, 5) is 23.8. The zero-order valence-electron chi connectivity index (χ0n) is 13.5. The van der Waals surface area contributed by atoms with Gasteiger partial charge < -0.3 is 10.1 Å². The predicted octanol–water partition coefficient (Wildman–Crippen LogP) is 2.70. The first-order chi connectivity index (χ1) is 12.2. The van der Waals surface area contributed by atoms with E-state index >= 15 is 0 Å². The monoisotopic (exact) mass is 416 g/mol. The first-order valence-electron chi connectivity index (χ1n) is 7.18. The number of rotatable bonds is 6. The van der Waals surface area contributed by atoms with E-state index in [0.29, 0.717) is 10.7 Å². The topological polar surface area (TPSA) is 102 Å². The number of esters is 1. The van der Waals surface area contributed by atoms with Crippen LogP contribution in [0.15, 0.2) is 47.4 Å². The van der Waals surface area contributed by atoms with Crippen LogP contribution in [-0.2, 0) is 19.6 Å². The molecular weight excluding hydrogens is 403 g/mol. The molecule has 0 aliphatic heterocycles. The summed E-state index contributed by atoms with van der Waals surface area (Å²) in [6.45, 7) is -0.579. The van der Waals surface area contributed by atoms with Crippen molar-refractivity contribution < 1.29 is 22.7 Å². The second-order valence-electron chi connectivity index (χ2n) is 4.98. The highest BCUT2D eigenvalue weighted by Crippen LogP contribution is 2.21. The molecule has 0 aromatic heterocycles. The number of amides is 1. The molecular formula is C16H14Cl2N2O5S. The minimum absolute atomic E-state index is 0.000280. The van der Waals surface area contributed by atoms with Crippen molar-refractivity contribution in [3.8, 4) is 0 Å². The average Bonchev–Trinajstić information content (AvgIpc) is 2.60. The fraction of sp³-hybridized carbons (Fsp3) is 0.125. The van der Waals surface area contributed by atoms with Gasteiger partial charge in [-0.15, -0.1) is 0 Å². The normalized spacial score (nSPS) is 11.0. The molecule has 2 aromatic carbocycles. The number of halogens is 2. The molecule has 2 rings (SSSR count). The molecule has 0 heterocycles. The van der Waals surface area contributed by atoms with Crippen LogP contribution in [0, 0.1) is 0 Å². The van der Waals surface area contributed by atoms with E-state index in [1.165, 1.54) is 25.2 Å². The summed E-state index contributed by atoms with van der Waals surface area (Å²) in [7, 11) is -2.52. The highest BCUT2D eigenvalue weighted by Gasteiger charge is 2.19. The van der Waals surface area contributed by atoms with E-state index in [4.69, 9.17) is 27.9 Å². The lowest BCUT2D eigenvalue weighted by Crippen LogP contribution is -2.22. The van der Waals surface area contributed by atoms with Crippen LogP contribution in [0.4, 0.5) is 5.69 Å². The molecule has 2 N–H and O–H groups in total. The van der Waals surface area contributed by atoms with E-state index in [1.54, 1.807) is 18.2 Å². The molecule has 0 saturated heterocycles. The Morgan fingerprint density at radius 1 is 1.12 bits per heavy atom. The van der Waals surface area contributed by atoms with Crippen LogP contribution in [0.5, 0.6) is 0 Å². The van der Waals surface area contributed by atoms with Crippen LogP contribution < -0.4 is 10.0 Å². The highest BCUT2D eigenvalue weighted by molar-refractivity contribution is 7.89. The molecule has 0 saturated carbocycles. The van der Waals surface area contributed by atoms with Gasteiger partial charge in [0.05, 0.1) is 15.5 Å². The minimum atomic E-state index is -3.76. The quantitative estimate of drug-likeness (QED) is 0.704. The number of carbonyl (C=O) groups excluding carboxylic acids is 2. The van der Waals surface area contributed by atoms with Crippen molar-refractivity contribution in [2.24, 2.45) is 0 Å². The minimum Gasteiger partial charge on any atom is -0.452 e. The third-order valence-electron chi connectivity index (χ3n) is 3.18. The van der Waals surface area contributed by atoms with Gasteiger partial charge in [-0.2, -0.15) is 0 Å². The molecule has 10 heteroatoms. The third kappa shape index (κ3) is 5.18. The van der Waals surface area contributed by atoms with E-state index < -0.39 is 28.5 Å². The van der Waals surface area contributed by atoms with Crippen molar-refractivity contribution in [1.29, 1.82) is 0 Å². The number of nitrogens with one attached hydrogen (secondary N) is 2. The van der Waals surface area contributed by atoms with E-state index in [-0.39, 0.29) is 15.5 Å². The van der Waals surface area contributed by atoms with Crippen molar-refractivity contribution in [1.82, 2.24) is 4.72 Å². The highest BCUT2D eigenvalue weighted by atomic mass is 35.5. The van der Waals surface area contributed by atoms with Crippen molar-refractivity contribution in [2.75, 3.05) is 19.0 Å². The van der Waals surface area contributed by atoms with Crippen molar-refractivity contribution in [2.45, 2.75) is 4.90 Å². The smallest absolute Gasteiger partial charge is 0.340 e. The number of ether oxygens (including phenoxy) is 1. The maximum atomic E-state index is 12.1. The molecule has 0 aliphatic carbocycles. The maximum Gasteiger partial charge on any atom is 0.340 e. The first-order valence-corrected chi connectivity index (χ1v) is 9.42. The molecule has 7 nitrogen and oxygen atoms in total. The molecule has 0 radical (unpaired) electrons. The molecule has 0 spiro atoms. The zero-order chi connectivity index (χ0) is 19.3. The fourth-order valence-corrected chi connectivity index (χ4v) is 3.06. The van der Waals surface area contributed by atoms with Crippen LogP contribution in [-0.4, -0.2) is 33.9 Å². The van der Waals surface area contributed by atoms with Gasteiger partial charge in [0.25, 0.3) is 5.91 Å². The summed E-state index contributed by atoms with van der Waals surface area (Å²) in [5.41, 5.74) is 0.275. The van der Waals surface area contributed by atoms with E-state index in [9.17, 15) is 18.0 Å². The van der Waals surface area contributed by atoms with Gasteiger partial charge >= 0.3 is 5.97 Å². The number of anilines is 1. The van der Waals surface area contributed by atoms with Crippen LogP contribution in [0.25, 0.3) is 0 Å². The Bertz CT molecular complexity index is 947. The number of sulfonamides is 1.